The summed E-state index contributed by atoms with van der Waals surface area (Å²) in [4.78, 5) is 45.7. The summed E-state index contributed by atoms with van der Waals surface area (Å²) in [5.74, 6) is 0.378. The van der Waals surface area contributed by atoms with Crippen LogP contribution >= 0.6 is 23.1 Å². The molecule has 2 aromatic heterocycles. The molecular formula is C19H24N4O3S2. The second-order valence-corrected chi connectivity index (χ2v) is 9.85. The first-order valence-corrected chi connectivity index (χ1v) is 11.4. The Bertz CT molecular complexity index is 1010. The molecule has 28 heavy (non-hydrogen) atoms. The zero-order chi connectivity index (χ0) is 20.0. The Kier molecular flexibility index (Phi) is 5.22. The van der Waals surface area contributed by atoms with Crippen LogP contribution in [0.1, 0.15) is 37.6 Å². The van der Waals surface area contributed by atoms with Crippen molar-refractivity contribution in [3.8, 4) is 0 Å². The van der Waals surface area contributed by atoms with Crippen LogP contribution < -0.4 is 10.9 Å². The lowest BCUT2D eigenvalue weighted by atomic mass is 9.89. The van der Waals surface area contributed by atoms with Crippen molar-refractivity contribution in [3.05, 3.63) is 20.8 Å². The van der Waals surface area contributed by atoms with Crippen LogP contribution in [0, 0.1) is 5.92 Å². The van der Waals surface area contributed by atoms with Gasteiger partial charge in [0.15, 0.2) is 5.16 Å². The second kappa shape index (κ2) is 7.51. The van der Waals surface area contributed by atoms with Gasteiger partial charge in [-0.1, -0.05) is 18.7 Å². The minimum Gasteiger partial charge on any atom is -0.336 e. The van der Waals surface area contributed by atoms with Gasteiger partial charge in [0.05, 0.1) is 10.6 Å². The van der Waals surface area contributed by atoms with Crippen LogP contribution in [0.15, 0.2) is 9.95 Å². The van der Waals surface area contributed by atoms with Gasteiger partial charge in [-0.2, -0.15) is 0 Å². The number of thiophene rings is 1. The first kappa shape index (κ1) is 19.4. The van der Waals surface area contributed by atoms with Gasteiger partial charge in [-0.25, -0.2) is 9.78 Å². The first-order valence-electron chi connectivity index (χ1n) is 9.71. The summed E-state index contributed by atoms with van der Waals surface area (Å²) in [6.07, 6.45) is 3.04. The Morgan fingerprint density at radius 2 is 2.21 bits per heavy atom. The molecule has 1 aliphatic heterocycles. The third kappa shape index (κ3) is 3.24. The van der Waals surface area contributed by atoms with Crippen LogP contribution in [-0.4, -0.2) is 44.7 Å². The highest BCUT2D eigenvalue weighted by Crippen LogP contribution is 2.37. The number of hydrogen-bond donors (Lipinski definition) is 1. The number of imide groups is 1. The maximum absolute atomic E-state index is 13.2. The predicted molar refractivity (Wildman–Crippen MR) is 111 cm³/mol. The largest absolute Gasteiger partial charge is 0.336 e. The molecule has 2 atom stereocenters. The van der Waals surface area contributed by atoms with Crippen molar-refractivity contribution < 1.29 is 9.59 Å². The standard InChI is InChI=1S/C19H24N4O3S2/c1-4-22-17(25)14-12-6-5-10(2)9-13(12)28-15(14)21-19(22)27-11(3)16(24)23-8-7-20-18(23)26/h10-11H,4-9H2,1-3H3,(H,20,26)/t10-,11+/m0/s1. The van der Waals surface area contributed by atoms with E-state index in [1.54, 1.807) is 22.8 Å². The average Bonchev–Trinajstić information content (AvgIpc) is 3.23. The van der Waals surface area contributed by atoms with E-state index in [1.165, 1.54) is 27.1 Å². The number of carbonyl (C=O) groups is 2. The number of aryl methyl sites for hydroxylation is 1. The molecular weight excluding hydrogens is 396 g/mol. The highest BCUT2D eigenvalue weighted by molar-refractivity contribution is 8.00. The highest BCUT2D eigenvalue weighted by Gasteiger charge is 2.31. The summed E-state index contributed by atoms with van der Waals surface area (Å²) in [6.45, 7) is 7.28. The molecule has 2 aliphatic rings. The van der Waals surface area contributed by atoms with Gasteiger partial charge in [0.2, 0.25) is 5.91 Å². The van der Waals surface area contributed by atoms with E-state index in [0.29, 0.717) is 30.7 Å². The Morgan fingerprint density at radius 3 is 2.89 bits per heavy atom. The number of fused-ring (bicyclic) bond motifs is 3. The Hall–Kier alpha value is -1.87. The number of urea groups is 1. The van der Waals surface area contributed by atoms with E-state index < -0.39 is 5.25 Å². The van der Waals surface area contributed by atoms with E-state index in [0.717, 1.165) is 29.5 Å². The summed E-state index contributed by atoms with van der Waals surface area (Å²) in [5, 5.41) is 3.45. The minimum absolute atomic E-state index is 0.0133. The molecule has 0 bridgehead atoms. The number of thioether (sulfide) groups is 1. The van der Waals surface area contributed by atoms with Crippen LogP contribution in [0.3, 0.4) is 0 Å². The lowest BCUT2D eigenvalue weighted by molar-refractivity contribution is -0.126. The van der Waals surface area contributed by atoms with Crippen LogP contribution in [0.5, 0.6) is 0 Å². The van der Waals surface area contributed by atoms with Crippen molar-refractivity contribution in [2.24, 2.45) is 5.92 Å². The first-order chi connectivity index (χ1) is 13.4. The number of carbonyl (C=O) groups excluding carboxylic acids is 2. The molecule has 0 saturated carbocycles. The van der Waals surface area contributed by atoms with Gasteiger partial charge in [0.1, 0.15) is 4.83 Å². The van der Waals surface area contributed by atoms with E-state index >= 15 is 0 Å². The number of rotatable bonds is 4. The molecule has 150 valence electrons. The third-order valence-corrected chi connectivity index (χ3v) is 7.68. The van der Waals surface area contributed by atoms with Gasteiger partial charge in [0, 0.05) is 24.5 Å². The lowest BCUT2D eigenvalue weighted by Crippen LogP contribution is -2.39. The molecule has 0 spiro atoms. The van der Waals surface area contributed by atoms with E-state index in [4.69, 9.17) is 4.98 Å². The molecule has 3 amide bonds. The summed E-state index contributed by atoms with van der Waals surface area (Å²) in [6, 6.07) is -0.353. The summed E-state index contributed by atoms with van der Waals surface area (Å²) in [7, 11) is 0. The fourth-order valence-corrected chi connectivity index (χ4v) is 6.34. The number of nitrogens with zero attached hydrogens (tertiary/aromatic N) is 3. The average molecular weight is 421 g/mol. The molecule has 2 aromatic rings. The summed E-state index contributed by atoms with van der Waals surface area (Å²) in [5.41, 5.74) is 1.16. The molecule has 1 saturated heterocycles. The molecule has 4 rings (SSSR count). The molecule has 1 N–H and O–H groups in total. The van der Waals surface area contributed by atoms with Crippen molar-refractivity contribution in [2.75, 3.05) is 13.1 Å². The molecule has 0 aromatic carbocycles. The van der Waals surface area contributed by atoms with E-state index in [-0.39, 0.29) is 17.5 Å². The number of aromatic nitrogens is 2. The van der Waals surface area contributed by atoms with Gasteiger partial charge in [-0.05, 0) is 44.6 Å². The monoisotopic (exact) mass is 420 g/mol. The smallest absolute Gasteiger partial charge is 0.324 e. The topological polar surface area (TPSA) is 84.3 Å². The fraction of sp³-hybridized carbons (Fsp3) is 0.579. The molecule has 3 heterocycles. The number of amides is 3. The minimum atomic E-state index is -0.499. The highest BCUT2D eigenvalue weighted by atomic mass is 32.2. The van der Waals surface area contributed by atoms with E-state index in [2.05, 4.69) is 12.2 Å². The quantitative estimate of drug-likeness (QED) is 0.607. The summed E-state index contributed by atoms with van der Waals surface area (Å²) >= 11 is 2.87. The van der Waals surface area contributed by atoms with Gasteiger partial charge in [0.25, 0.3) is 5.56 Å². The molecule has 0 unspecified atom stereocenters. The normalized spacial score (nSPS) is 20.3. The molecule has 1 fully saturated rings. The third-order valence-electron chi connectivity index (χ3n) is 5.45. The fourth-order valence-electron chi connectivity index (χ4n) is 3.88. The maximum Gasteiger partial charge on any atom is 0.324 e. The van der Waals surface area contributed by atoms with Crippen LogP contribution in [0.2, 0.25) is 0 Å². The van der Waals surface area contributed by atoms with Crippen LogP contribution in [0.25, 0.3) is 10.2 Å². The predicted octanol–water partition coefficient (Wildman–Crippen LogP) is 2.64. The zero-order valence-electron chi connectivity index (χ0n) is 16.3. The van der Waals surface area contributed by atoms with Gasteiger partial charge < -0.3 is 5.32 Å². The Balaban J connectivity index is 1.70. The second-order valence-electron chi connectivity index (χ2n) is 7.46. The van der Waals surface area contributed by atoms with Crippen molar-refractivity contribution >= 4 is 45.3 Å². The Morgan fingerprint density at radius 1 is 1.43 bits per heavy atom. The zero-order valence-corrected chi connectivity index (χ0v) is 17.9. The van der Waals surface area contributed by atoms with E-state index in [9.17, 15) is 14.4 Å². The van der Waals surface area contributed by atoms with Crippen molar-refractivity contribution in [1.29, 1.82) is 0 Å². The van der Waals surface area contributed by atoms with E-state index in [1.807, 2.05) is 6.92 Å². The SMILES string of the molecule is CCn1c(S[C@H](C)C(=O)N2CCNC2=O)nc2sc3c(c2c1=O)CC[C@H](C)C3. The Labute approximate surface area is 171 Å². The van der Waals surface area contributed by atoms with Crippen LogP contribution in [-0.2, 0) is 24.2 Å². The van der Waals surface area contributed by atoms with Gasteiger partial charge in [-0.15, -0.1) is 11.3 Å². The number of hydrogen-bond acceptors (Lipinski definition) is 6. The van der Waals surface area contributed by atoms with Gasteiger partial charge in [-0.3, -0.25) is 19.1 Å². The molecule has 9 heteroatoms. The number of nitrogens with one attached hydrogen (secondary N) is 1. The van der Waals surface area contributed by atoms with Crippen LogP contribution in [0.4, 0.5) is 4.79 Å². The molecule has 1 aliphatic carbocycles. The summed E-state index contributed by atoms with van der Waals surface area (Å²) < 4.78 is 1.66. The molecule has 7 nitrogen and oxygen atoms in total. The van der Waals surface area contributed by atoms with Crippen molar-refractivity contribution in [1.82, 2.24) is 19.8 Å². The van der Waals surface area contributed by atoms with Crippen molar-refractivity contribution in [2.45, 2.75) is 57.0 Å². The lowest BCUT2D eigenvalue weighted by Gasteiger charge is -2.19. The maximum atomic E-state index is 13.2. The molecule has 0 radical (unpaired) electrons. The van der Waals surface area contributed by atoms with Gasteiger partial charge >= 0.3 is 6.03 Å². The van der Waals surface area contributed by atoms with Crippen molar-refractivity contribution in [3.63, 3.8) is 0 Å².